The third-order valence-corrected chi connectivity index (χ3v) is 5.95. The van der Waals surface area contributed by atoms with Gasteiger partial charge in [0.05, 0.1) is 11.1 Å². The summed E-state index contributed by atoms with van der Waals surface area (Å²) in [6, 6.07) is 10.5. The summed E-state index contributed by atoms with van der Waals surface area (Å²) in [6.07, 6.45) is 0.719. The molecule has 1 aromatic heterocycles. The molecular weight excluding hydrogens is 510 g/mol. The van der Waals surface area contributed by atoms with Gasteiger partial charge in [0.2, 0.25) is 0 Å². The van der Waals surface area contributed by atoms with Crippen LogP contribution in [0.4, 0.5) is 24.2 Å². The molecule has 3 N–H and O–H groups in total. The van der Waals surface area contributed by atoms with Crippen molar-refractivity contribution < 1.29 is 32.7 Å². The minimum Gasteiger partial charge on any atom is -0.447 e. The first-order chi connectivity index (χ1) is 17.8. The number of aliphatic hydroxyl groups is 1. The van der Waals surface area contributed by atoms with Gasteiger partial charge in [-0.2, -0.15) is 0 Å². The Hall–Kier alpha value is -3.70. The number of benzene rings is 2. The van der Waals surface area contributed by atoms with Gasteiger partial charge in [-0.1, -0.05) is 41.0 Å². The first kappa shape index (κ1) is 27.9. The minimum absolute atomic E-state index is 0.00424. The van der Waals surface area contributed by atoms with Crippen LogP contribution in [0.1, 0.15) is 24.8 Å². The molecule has 0 fully saturated rings. The number of rotatable bonds is 11. The molecule has 0 aliphatic heterocycles. The van der Waals surface area contributed by atoms with Crippen molar-refractivity contribution in [3.8, 4) is 11.3 Å². The molecule has 9 nitrogen and oxygen atoms in total. The molecule has 0 saturated carbocycles. The number of anilines is 1. The molecule has 0 saturated heterocycles. The summed E-state index contributed by atoms with van der Waals surface area (Å²) in [4.78, 5) is 26.4. The van der Waals surface area contributed by atoms with Crippen molar-refractivity contribution in [1.29, 1.82) is 0 Å². The van der Waals surface area contributed by atoms with E-state index < -0.39 is 29.8 Å². The van der Waals surface area contributed by atoms with Gasteiger partial charge >= 0.3 is 12.1 Å². The van der Waals surface area contributed by atoms with Crippen molar-refractivity contribution in [1.82, 2.24) is 15.4 Å². The van der Waals surface area contributed by atoms with E-state index in [1.54, 1.807) is 12.1 Å². The topological polar surface area (TPSA) is 117 Å². The molecule has 0 spiro atoms. The first-order valence-electron chi connectivity index (χ1n) is 11.5. The molecule has 0 bridgehead atoms. The lowest BCUT2D eigenvalue weighted by Crippen LogP contribution is -2.46. The highest BCUT2D eigenvalue weighted by atomic mass is 35.5. The molecule has 12 heteroatoms. The lowest BCUT2D eigenvalue weighted by Gasteiger charge is -2.28. The highest BCUT2D eigenvalue weighted by molar-refractivity contribution is 6.31. The van der Waals surface area contributed by atoms with Gasteiger partial charge in [-0.25, -0.2) is 18.4 Å². The Kier molecular flexibility index (Phi) is 10.2. The van der Waals surface area contributed by atoms with E-state index in [0.29, 0.717) is 30.4 Å². The summed E-state index contributed by atoms with van der Waals surface area (Å²) in [6.45, 7) is -0.150. The normalized spacial score (nSPS) is 11.6. The number of ether oxygens (including phenoxy) is 1. The smallest absolute Gasteiger partial charge is 0.412 e. The molecule has 3 amide bonds. The van der Waals surface area contributed by atoms with Gasteiger partial charge in [-0.15, -0.1) is 0 Å². The fourth-order valence-corrected chi connectivity index (χ4v) is 3.64. The number of urea groups is 1. The van der Waals surface area contributed by atoms with Crippen LogP contribution < -0.4 is 10.6 Å². The lowest BCUT2D eigenvalue weighted by atomic mass is 10.1. The van der Waals surface area contributed by atoms with Crippen LogP contribution in [0.25, 0.3) is 11.3 Å². The number of nitrogens with zero attached hydrogens (tertiary/aromatic N) is 2. The number of aliphatic hydroxyl groups excluding tert-OH is 1. The maximum absolute atomic E-state index is 13.6. The Balaban J connectivity index is 1.55. The highest BCUT2D eigenvalue weighted by Crippen LogP contribution is 2.23. The van der Waals surface area contributed by atoms with Crippen LogP contribution in [0.2, 0.25) is 5.02 Å². The summed E-state index contributed by atoms with van der Waals surface area (Å²) in [5.41, 5.74) is 0.867. The van der Waals surface area contributed by atoms with E-state index in [0.717, 1.165) is 0 Å². The Bertz CT molecular complexity index is 1210. The van der Waals surface area contributed by atoms with Crippen LogP contribution in [0, 0.1) is 11.6 Å². The van der Waals surface area contributed by atoms with Crippen molar-refractivity contribution in [2.45, 2.75) is 31.8 Å². The second kappa shape index (κ2) is 13.6. The van der Waals surface area contributed by atoms with Crippen molar-refractivity contribution >= 4 is 29.5 Å². The van der Waals surface area contributed by atoms with Crippen molar-refractivity contribution in [2.75, 3.05) is 25.6 Å². The number of nitrogens with one attached hydrogen (secondary N) is 2. The third-order valence-electron chi connectivity index (χ3n) is 5.53. The summed E-state index contributed by atoms with van der Waals surface area (Å²) in [5, 5.41) is 17.9. The van der Waals surface area contributed by atoms with Gasteiger partial charge in [-0.3, -0.25) is 5.32 Å². The third kappa shape index (κ3) is 8.16. The standard InChI is InChI=1S/C25H27ClF2N4O5/c1-32(24(34)29-14-17-7-5-10-20(28)23(17)26)19(9-2-3-11-33)15-36-25(35)30-22-13-21(37-31-22)16-6-4-8-18(27)12-16/h4-8,10,12-13,19,33H,2-3,9,11,14-15H2,1H3,(H,29,34)(H,30,31,35)/t19-/m0/s1. The van der Waals surface area contributed by atoms with Gasteiger partial charge in [0.1, 0.15) is 18.2 Å². The number of unbranched alkanes of at least 4 members (excludes halogenated alkanes) is 1. The summed E-state index contributed by atoms with van der Waals surface area (Å²) < 4.78 is 37.5. The predicted octanol–water partition coefficient (Wildman–Crippen LogP) is 5.19. The second-order valence-electron chi connectivity index (χ2n) is 8.17. The van der Waals surface area contributed by atoms with E-state index >= 15 is 0 Å². The van der Waals surface area contributed by atoms with Crippen LogP contribution in [-0.4, -0.2) is 53.6 Å². The molecule has 1 heterocycles. The highest BCUT2D eigenvalue weighted by Gasteiger charge is 2.22. The molecule has 198 valence electrons. The van der Waals surface area contributed by atoms with Crippen molar-refractivity contribution in [3.05, 3.63) is 70.8 Å². The number of likely N-dealkylation sites (N-methyl/N-ethyl adjacent to an activating group) is 1. The van der Waals surface area contributed by atoms with Gasteiger partial charge in [0.25, 0.3) is 0 Å². The molecule has 0 unspecified atom stereocenters. The molecule has 0 radical (unpaired) electrons. The number of halogens is 3. The Morgan fingerprint density at radius 3 is 2.73 bits per heavy atom. The number of carbonyl (C=O) groups is 2. The number of hydrogen-bond acceptors (Lipinski definition) is 6. The van der Waals surface area contributed by atoms with Crippen molar-refractivity contribution in [2.24, 2.45) is 0 Å². The summed E-state index contributed by atoms with van der Waals surface area (Å²) in [7, 11) is 1.54. The molecular formula is C25H27ClF2N4O5. The fraction of sp³-hybridized carbons (Fsp3) is 0.320. The summed E-state index contributed by atoms with van der Waals surface area (Å²) >= 11 is 5.94. The molecule has 0 aliphatic rings. The number of carbonyl (C=O) groups excluding carboxylic acids is 2. The van der Waals surface area contributed by atoms with Crippen LogP contribution in [0.3, 0.4) is 0 Å². The van der Waals surface area contributed by atoms with Crippen LogP contribution in [0.5, 0.6) is 0 Å². The SMILES string of the molecule is CN(C(=O)NCc1cccc(F)c1Cl)[C@@H](CCCCO)COC(=O)Nc1cc(-c2cccc(F)c2)on1. The first-order valence-corrected chi connectivity index (χ1v) is 11.9. The fourth-order valence-electron chi connectivity index (χ4n) is 3.45. The monoisotopic (exact) mass is 536 g/mol. The van der Waals surface area contributed by atoms with E-state index in [-0.39, 0.29) is 36.4 Å². The Morgan fingerprint density at radius 2 is 1.97 bits per heavy atom. The molecule has 2 aromatic carbocycles. The number of amides is 3. The van der Waals surface area contributed by atoms with Crippen LogP contribution >= 0.6 is 11.6 Å². The largest absolute Gasteiger partial charge is 0.447 e. The molecule has 3 rings (SSSR count). The van der Waals surface area contributed by atoms with Gasteiger partial charge < -0.3 is 24.6 Å². The molecule has 37 heavy (non-hydrogen) atoms. The minimum atomic E-state index is -0.827. The quantitative estimate of drug-likeness (QED) is 0.290. The number of hydrogen-bond donors (Lipinski definition) is 3. The average Bonchev–Trinajstić information content (AvgIpc) is 3.35. The van der Waals surface area contributed by atoms with E-state index in [2.05, 4.69) is 15.8 Å². The van der Waals surface area contributed by atoms with Gasteiger partial charge in [0, 0.05) is 31.8 Å². The lowest BCUT2D eigenvalue weighted by molar-refractivity contribution is 0.112. The summed E-state index contributed by atoms with van der Waals surface area (Å²) in [5.74, 6) is -0.703. The Labute approximate surface area is 217 Å². The maximum Gasteiger partial charge on any atom is 0.412 e. The van der Waals surface area contributed by atoms with Gasteiger partial charge in [-0.05, 0) is 43.0 Å². The van der Waals surface area contributed by atoms with E-state index in [1.165, 1.54) is 48.3 Å². The van der Waals surface area contributed by atoms with E-state index in [4.69, 9.17) is 26.0 Å². The second-order valence-corrected chi connectivity index (χ2v) is 8.54. The predicted molar refractivity (Wildman–Crippen MR) is 133 cm³/mol. The zero-order chi connectivity index (χ0) is 26.8. The van der Waals surface area contributed by atoms with Crippen LogP contribution in [0.15, 0.2) is 53.1 Å². The van der Waals surface area contributed by atoms with Gasteiger partial charge in [0.15, 0.2) is 11.6 Å². The average molecular weight is 537 g/mol. The molecule has 1 atom stereocenters. The van der Waals surface area contributed by atoms with Crippen LogP contribution in [-0.2, 0) is 11.3 Å². The Morgan fingerprint density at radius 1 is 1.19 bits per heavy atom. The zero-order valence-corrected chi connectivity index (χ0v) is 20.8. The number of aromatic nitrogens is 1. The zero-order valence-electron chi connectivity index (χ0n) is 20.0. The van der Waals surface area contributed by atoms with Crippen molar-refractivity contribution in [3.63, 3.8) is 0 Å². The molecule has 3 aromatic rings. The maximum atomic E-state index is 13.6. The molecule has 0 aliphatic carbocycles. The van der Waals surface area contributed by atoms with E-state index in [1.807, 2.05) is 0 Å². The van der Waals surface area contributed by atoms with E-state index in [9.17, 15) is 18.4 Å².